The average Bonchev–Trinajstić information content (AvgIpc) is 2.46. The molecule has 0 amide bonds. The van der Waals surface area contributed by atoms with Gasteiger partial charge in [0.15, 0.2) is 0 Å². The molecule has 14 heavy (non-hydrogen) atoms. The van der Waals surface area contributed by atoms with Gasteiger partial charge in [0.1, 0.15) is 0 Å². The van der Waals surface area contributed by atoms with Gasteiger partial charge in [-0.2, -0.15) is 5.10 Å². The van der Waals surface area contributed by atoms with Crippen LogP contribution in [0.5, 0.6) is 0 Å². The lowest BCUT2D eigenvalue weighted by molar-refractivity contribution is 0.365. The lowest BCUT2D eigenvalue weighted by Crippen LogP contribution is -2.39. The molecule has 1 unspecified atom stereocenters. The smallest absolute Gasteiger partial charge is 0.0615 e. The summed E-state index contributed by atoms with van der Waals surface area (Å²) in [7, 11) is 0. The van der Waals surface area contributed by atoms with E-state index in [2.05, 4.69) is 51.2 Å². The van der Waals surface area contributed by atoms with E-state index in [9.17, 15) is 0 Å². The number of aromatic nitrogens is 2. The largest absolute Gasteiger partial charge is 0.310 e. The maximum atomic E-state index is 4.29. The zero-order valence-electron chi connectivity index (χ0n) is 9.83. The monoisotopic (exact) mass is 195 g/mol. The Labute approximate surface area is 86.5 Å². The van der Waals surface area contributed by atoms with E-state index in [1.54, 1.807) is 0 Å². The predicted octanol–water partition coefficient (Wildman–Crippen LogP) is 2.14. The van der Waals surface area contributed by atoms with Crippen LogP contribution in [-0.4, -0.2) is 21.9 Å². The fraction of sp³-hybridized carbons (Fsp3) is 0.727. The van der Waals surface area contributed by atoms with Crippen molar-refractivity contribution < 1.29 is 0 Å². The van der Waals surface area contributed by atoms with Gasteiger partial charge in [-0.05, 0) is 40.2 Å². The minimum absolute atomic E-state index is 0.177. The second-order valence-electron chi connectivity index (χ2n) is 4.98. The standard InChI is InChI=1S/C11H21N3/c1-9-6-13-14(8-9)10(2)7-12-11(3,4)5/h6,8,10,12H,7H2,1-5H3. The van der Waals surface area contributed by atoms with Crippen LogP contribution in [0.25, 0.3) is 0 Å². The number of nitrogens with one attached hydrogen (secondary N) is 1. The number of hydrogen-bond acceptors (Lipinski definition) is 2. The third-order valence-corrected chi connectivity index (χ3v) is 2.11. The average molecular weight is 195 g/mol. The summed E-state index contributed by atoms with van der Waals surface area (Å²) in [6.07, 6.45) is 3.97. The van der Waals surface area contributed by atoms with E-state index >= 15 is 0 Å². The highest BCUT2D eigenvalue weighted by molar-refractivity contribution is 5.00. The van der Waals surface area contributed by atoms with Crippen LogP contribution in [0, 0.1) is 6.92 Å². The Morgan fingerprint density at radius 2 is 2.14 bits per heavy atom. The maximum Gasteiger partial charge on any atom is 0.0615 e. The molecule has 1 aromatic heterocycles. The molecule has 0 fully saturated rings. The summed E-state index contributed by atoms with van der Waals surface area (Å²) in [6.45, 7) is 11.7. The van der Waals surface area contributed by atoms with Crippen LogP contribution in [0.3, 0.4) is 0 Å². The van der Waals surface area contributed by atoms with Crippen LogP contribution in [-0.2, 0) is 0 Å². The zero-order valence-corrected chi connectivity index (χ0v) is 9.83. The topological polar surface area (TPSA) is 29.9 Å². The number of nitrogens with zero attached hydrogens (tertiary/aromatic N) is 2. The van der Waals surface area contributed by atoms with Crippen molar-refractivity contribution in [1.29, 1.82) is 0 Å². The van der Waals surface area contributed by atoms with Gasteiger partial charge in [0.2, 0.25) is 0 Å². The molecule has 0 aliphatic heterocycles. The van der Waals surface area contributed by atoms with E-state index in [4.69, 9.17) is 0 Å². The summed E-state index contributed by atoms with van der Waals surface area (Å²) in [5.41, 5.74) is 1.39. The minimum Gasteiger partial charge on any atom is -0.310 e. The molecule has 1 atom stereocenters. The fourth-order valence-electron chi connectivity index (χ4n) is 1.22. The van der Waals surface area contributed by atoms with Crippen molar-refractivity contribution in [3.8, 4) is 0 Å². The van der Waals surface area contributed by atoms with E-state index in [-0.39, 0.29) is 5.54 Å². The van der Waals surface area contributed by atoms with E-state index < -0.39 is 0 Å². The van der Waals surface area contributed by atoms with E-state index in [0.717, 1.165) is 6.54 Å². The van der Waals surface area contributed by atoms with Crippen LogP contribution >= 0.6 is 0 Å². The quantitative estimate of drug-likeness (QED) is 0.801. The number of aryl methyl sites for hydroxylation is 1. The van der Waals surface area contributed by atoms with Crippen LogP contribution in [0.4, 0.5) is 0 Å². The summed E-state index contributed by atoms with van der Waals surface area (Å²) < 4.78 is 2.01. The van der Waals surface area contributed by atoms with E-state index in [1.165, 1.54) is 5.56 Å². The Morgan fingerprint density at radius 1 is 1.50 bits per heavy atom. The van der Waals surface area contributed by atoms with Gasteiger partial charge in [-0.15, -0.1) is 0 Å². The van der Waals surface area contributed by atoms with E-state index in [0.29, 0.717) is 6.04 Å². The van der Waals surface area contributed by atoms with Gasteiger partial charge in [-0.25, -0.2) is 0 Å². The predicted molar refractivity (Wildman–Crippen MR) is 59.4 cm³/mol. The van der Waals surface area contributed by atoms with Crippen LogP contribution in [0.15, 0.2) is 12.4 Å². The first-order valence-corrected chi connectivity index (χ1v) is 5.14. The molecule has 1 N–H and O–H groups in total. The Kier molecular flexibility index (Phi) is 3.32. The van der Waals surface area contributed by atoms with Crippen molar-refractivity contribution in [3.05, 3.63) is 18.0 Å². The number of hydrogen-bond donors (Lipinski definition) is 1. The molecule has 0 spiro atoms. The minimum atomic E-state index is 0.177. The van der Waals surface area contributed by atoms with Crippen molar-refractivity contribution in [2.24, 2.45) is 0 Å². The Bertz CT molecular complexity index is 283. The van der Waals surface area contributed by atoms with Gasteiger partial charge < -0.3 is 5.32 Å². The lowest BCUT2D eigenvalue weighted by atomic mass is 10.1. The molecule has 1 rings (SSSR count). The molecule has 0 saturated carbocycles. The molecule has 3 nitrogen and oxygen atoms in total. The van der Waals surface area contributed by atoms with Gasteiger partial charge in [0, 0.05) is 18.3 Å². The molecule has 1 aromatic rings. The van der Waals surface area contributed by atoms with Gasteiger partial charge in [-0.1, -0.05) is 0 Å². The highest BCUT2D eigenvalue weighted by Crippen LogP contribution is 2.07. The van der Waals surface area contributed by atoms with Crippen molar-refractivity contribution in [2.45, 2.75) is 46.2 Å². The summed E-state index contributed by atoms with van der Waals surface area (Å²) in [6, 6.07) is 0.405. The van der Waals surface area contributed by atoms with Gasteiger partial charge in [-0.3, -0.25) is 4.68 Å². The lowest BCUT2D eigenvalue weighted by Gasteiger charge is -2.23. The van der Waals surface area contributed by atoms with Crippen LogP contribution in [0.2, 0.25) is 0 Å². The zero-order chi connectivity index (χ0) is 10.8. The molecule has 1 heterocycles. The van der Waals surface area contributed by atoms with Gasteiger partial charge in [0.05, 0.1) is 12.2 Å². The van der Waals surface area contributed by atoms with Crippen LogP contribution in [0.1, 0.15) is 39.3 Å². The molecule has 80 valence electrons. The summed E-state index contributed by atoms with van der Waals surface area (Å²) in [5.74, 6) is 0. The van der Waals surface area contributed by atoms with Gasteiger partial charge in [0.25, 0.3) is 0 Å². The Balaban J connectivity index is 2.47. The van der Waals surface area contributed by atoms with Crippen molar-refractivity contribution in [1.82, 2.24) is 15.1 Å². The molecular weight excluding hydrogens is 174 g/mol. The van der Waals surface area contributed by atoms with Crippen molar-refractivity contribution in [3.63, 3.8) is 0 Å². The highest BCUT2D eigenvalue weighted by Gasteiger charge is 2.12. The fourth-order valence-corrected chi connectivity index (χ4v) is 1.22. The highest BCUT2D eigenvalue weighted by atomic mass is 15.3. The van der Waals surface area contributed by atoms with Crippen LogP contribution < -0.4 is 5.32 Å². The summed E-state index contributed by atoms with van der Waals surface area (Å²) in [4.78, 5) is 0. The second-order valence-corrected chi connectivity index (χ2v) is 4.98. The SMILES string of the molecule is Cc1cnn(C(C)CNC(C)(C)C)c1. The van der Waals surface area contributed by atoms with Gasteiger partial charge >= 0.3 is 0 Å². The first kappa shape index (κ1) is 11.2. The molecule has 0 bridgehead atoms. The Hall–Kier alpha value is -0.830. The molecule has 0 radical (unpaired) electrons. The normalized spacial score (nSPS) is 14.4. The first-order chi connectivity index (χ1) is 6.38. The van der Waals surface area contributed by atoms with Crippen molar-refractivity contribution in [2.75, 3.05) is 6.54 Å². The molecule has 0 aliphatic rings. The molecular formula is C11H21N3. The third-order valence-electron chi connectivity index (χ3n) is 2.11. The summed E-state index contributed by atoms with van der Waals surface area (Å²) >= 11 is 0. The third kappa shape index (κ3) is 3.50. The summed E-state index contributed by atoms with van der Waals surface area (Å²) in [5, 5.41) is 7.76. The molecule has 0 aliphatic carbocycles. The molecule has 0 aromatic carbocycles. The Morgan fingerprint density at radius 3 is 2.57 bits per heavy atom. The second kappa shape index (κ2) is 4.13. The molecule has 0 saturated heterocycles. The maximum absolute atomic E-state index is 4.29. The molecule has 3 heteroatoms. The number of rotatable bonds is 3. The van der Waals surface area contributed by atoms with E-state index in [1.807, 2.05) is 10.9 Å². The first-order valence-electron chi connectivity index (χ1n) is 5.14. The van der Waals surface area contributed by atoms with Crippen molar-refractivity contribution >= 4 is 0 Å².